The minimum absolute atomic E-state index is 0.310. The van der Waals surface area contributed by atoms with Crippen LogP contribution in [0.5, 0.6) is 0 Å². The SMILES string of the molecule is CCC(C)NC(=NCCCCOC(C)C)NCCc1ccco1. The molecule has 2 N–H and O–H groups in total. The van der Waals surface area contributed by atoms with E-state index in [1.165, 1.54) is 0 Å². The Bertz CT molecular complexity index is 416. The smallest absolute Gasteiger partial charge is 0.191 e. The average Bonchev–Trinajstić information content (AvgIpc) is 3.03. The number of nitrogens with zero attached hydrogens (tertiary/aromatic N) is 1. The second-order valence-electron chi connectivity index (χ2n) is 6.07. The van der Waals surface area contributed by atoms with Crippen molar-refractivity contribution in [1.82, 2.24) is 10.6 Å². The summed E-state index contributed by atoms with van der Waals surface area (Å²) in [5, 5.41) is 6.81. The van der Waals surface area contributed by atoms with Crippen molar-refractivity contribution in [2.24, 2.45) is 4.99 Å². The van der Waals surface area contributed by atoms with E-state index < -0.39 is 0 Å². The van der Waals surface area contributed by atoms with E-state index in [1.807, 2.05) is 12.1 Å². The van der Waals surface area contributed by atoms with Crippen LogP contribution in [0.25, 0.3) is 0 Å². The fourth-order valence-electron chi connectivity index (χ4n) is 1.97. The Morgan fingerprint density at radius 2 is 2.13 bits per heavy atom. The molecule has 0 aliphatic carbocycles. The molecular weight excluding hydrogens is 290 g/mol. The third kappa shape index (κ3) is 10.00. The van der Waals surface area contributed by atoms with Crippen molar-refractivity contribution in [3.8, 4) is 0 Å². The molecule has 1 aromatic heterocycles. The molecule has 23 heavy (non-hydrogen) atoms. The highest BCUT2D eigenvalue weighted by Gasteiger charge is 2.04. The lowest BCUT2D eigenvalue weighted by Crippen LogP contribution is -2.42. The Labute approximate surface area is 140 Å². The third-order valence-electron chi connectivity index (χ3n) is 3.51. The summed E-state index contributed by atoms with van der Waals surface area (Å²) in [6.07, 6.45) is 6.03. The molecule has 132 valence electrons. The number of rotatable bonds is 11. The first-order valence-corrected chi connectivity index (χ1v) is 8.80. The van der Waals surface area contributed by atoms with Gasteiger partial charge in [0.2, 0.25) is 0 Å². The van der Waals surface area contributed by atoms with E-state index in [4.69, 9.17) is 9.15 Å². The first-order valence-electron chi connectivity index (χ1n) is 8.80. The van der Waals surface area contributed by atoms with E-state index in [2.05, 4.69) is 43.3 Å². The van der Waals surface area contributed by atoms with Gasteiger partial charge >= 0.3 is 0 Å². The molecule has 0 aliphatic rings. The van der Waals surface area contributed by atoms with Crippen molar-refractivity contribution in [3.63, 3.8) is 0 Å². The normalized spacial score (nSPS) is 13.3. The van der Waals surface area contributed by atoms with Gasteiger partial charge < -0.3 is 19.8 Å². The molecule has 5 nitrogen and oxygen atoms in total. The van der Waals surface area contributed by atoms with E-state index in [0.717, 1.165) is 57.1 Å². The third-order valence-corrected chi connectivity index (χ3v) is 3.51. The average molecular weight is 323 g/mol. The van der Waals surface area contributed by atoms with Gasteiger partial charge in [0.15, 0.2) is 5.96 Å². The second-order valence-corrected chi connectivity index (χ2v) is 6.07. The van der Waals surface area contributed by atoms with Crippen molar-refractivity contribution in [1.29, 1.82) is 0 Å². The molecule has 1 heterocycles. The number of hydrogen-bond acceptors (Lipinski definition) is 3. The van der Waals surface area contributed by atoms with Crippen LogP contribution in [0.3, 0.4) is 0 Å². The topological polar surface area (TPSA) is 58.8 Å². The molecular formula is C18H33N3O2. The van der Waals surface area contributed by atoms with E-state index >= 15 is 0 Å². The highest BCUT2D eigenvalue weighted by molar-refractivity contribution is 5.80. The van der Waals surface area contributed by atoms with Crippen LogP contribution in [0, 0.1) is 0 Å². The molecule has 0 bridgehead atoms. The van der Waals surface area contributed by atoms with Gasteiger partial charge in [-0.1, -0.05) is 6.92 Å². The zero-order chi connectivity index (χ0) is 16.9. The molecule has 0 saturated heterocycles. The maximum absolute atomic E-state index is 5.55. The predicted molar refractivity (Wildman–Crippen MR) is 95.9 cm³/mol. The van der Waals surface area contributed by atoms with Gasteiger partial charge in [-0.05, 0) is 52.2 Å². The molecule has 1 rings (SSSR count). The lowest BCUT2D eigenvalue weighted by molar-refractivity contribution is 0.0763. The molecule has 5 heteroatoms. The summed E-state index contributed by atoms with van der Waals surface area (Å²) in [5.74, 6) is 1.88. The molecule has 0 aliphatic heterocycles. The molecule has 0 fully saturated rings. The van der Waals surface area contributed by atoms with E-state index in [1.54, 1.807) is 6.26 Å². The molecule has 1 aromatic rings. The molecule has 0 saturated carbocycles. The highest BCUT2D eigenvalue weighted by Crippen LogP contribution is 2.00. The fourth-order valence-corrected chi connectivity index (χ4v) is 1.97. The first-order chi connectivity index (χ1) is 11.1. The van der Waals surface area contributed by atoms with Crippen LogP contribution in [0.4, 0.5) is 0 Å². The minimum atomic E-state index is 0.310. The molecule has 0 spiro atoms. The van der Waals surface area contributed by atoms with Gasteiger partial charge in [-0.25, -0.2) is 0 Å². The maximum Gasteiger partial charge on any atom is 0.191 e. The van der Waals surface area contributed by atoms with E-state index in [-0.39, 0.29) is 0 Å². The van der Waals surface area contributed by atoms with Gasteiger partial charge in [-0.3, -0.25) is 4.99 Å². The van der Waals surface area contributed by atoms with Gasteiger partial charge in [0.25, 0.3) is 0 Å². The number of unbranched alkanes of at least 4 members (excludes halogenated alkanes) is 1. The van der Waals surface area contributed by atoms with Crippen molar-refractivity contribution in [2.45, 2.75) is 65.5 Å². The highest BCUT2D eigenvalue weighted by atomic mass is 16.5. The molecule has 0 aromatic carbocycles. The number of aliphatic imine (C=N–C) groups is 1. The minimum Gasteiger partial charge on any atom is -0.469 e. The Balaban J connectivity index is 2.30. The molecule has 0 amide bonds. The zero-order valence-electron chi connectivity index (χ0n) is 15.1. The summed E-state index contributed by atoms with van der Waals surface area (Å²) in [5.41, 5.74) is 0. The Kier molecular flexibility index (Phi) is 10.2. The van der Waals surface area contributed by atoms with E-state index in [9.17, 15) is 0 Å². The lowest BCUT2D eigenvalue weighted by Gasteiger charge is -2.17. The van der Waals surface area contributed by atoms with Crippen molar-refractivity contribution in [2.75, 3.05) is 19.7 Å². The zero-order valence-corrected chi connectivity index (χ0v) is 15.1. The summed E-state index contributed by atoms with van der Waals surface area (Å²) in [4.78, 5) is 4.66. The number of nitrogens with one attached hydrogen (secondary N) is 2. The quantitative estimate of drug-likeness (QED) is 0.372. The van der Waals surface area contributed by atoms with Gasteiger partial charge in [-0.15, -0.1) is 0 Å². The number of guanidine groups is 1. The van der Waals surface area contributed by atoms with E-state index in [0.29, 0.717) is 12.1 Å². The van der Waals surface area contributed by atoms with Crippen LogP contribution in [-0.2, 0) is 11.2 Å². The maximum atomic E-state index is 5.55. The number of ether oxygens (including phenoxy) is 1. The summed E-state index contributed by atoms with van der Waals surface area (Å²) < 4.78 is 10.9. The number of furan rings is 1. The van der Waals surface area contributed by atoms with Crippen LogP contribution in [0.15, 0.2) is 27.8 Å². The number of hydrogen-bond donors (Lipinski definition) is 2. The molecule has 1 atom stereocenters. The molecule has 1 unspecified atom stereocenters. The van der Waals surface area contributed by atoms with Crippen LogP contribution < -0.4 is 10.6 Å². The largest absolute Gasteiger partial charge is 0.469 e. The predicted octanol–water partition coefficient (Wildman–Crippen LogP) is 3.36. The van der Waals surface area contributed by atoms with Crippen LogP contribution in [0.2, 0.25) is 0 Å². The first kappa shape index (κ1) is 19.6. The van der Waals surface area contributed by atoms with Crippen LogP contribution in [0.1, 0.15) is 52.7 Å². The summed E-state index contributed by atoms with van der Waals surface area (Å²) in [7, 11) is 0. The lowest BCUT2D eigenvalue weighted by atomic mass is 10.3. The van der Waals surface area contributed by atoms with Gasteiger partial charge in [0.1, 0.15) is 5.76 Å². The van der Waals surface area contributed by atoms with Gasteiger partial charge in [0, 0.05) is 32.2 Å². The Morgan fingerprint density at radius 1 is 1.30 bits per heavy atom. The Hall–Kier alpha value is -1.49. The summed E-state index contributed by atoms with van der Waals surface area (Å²) >= 11 is 0. The monoisotopic (exact) mass is 323 g/mol. The van der Waals surface area contributed by atoms with Crippen LogP contribution in [-0.4, -0.2) is 37.8 Å². The van der Waals surface area contributed by atoms with Gasteiger partial charge in [0.05, 0.1) is 12.4 Å². The Morgan fingerprint density at radius 3 is 2.78 bits per heavy atom. The van der Waals surface area contributed by atoms with Crippen LogP contribution >= 0.6 is 0 Å². The standard InChI is InChI=1S/C18H33N3O2/c1-5-16(4)21-18(19-11-6-7-13-22-15(2)3)20-12-10-17-9-8-14-23-17/h8-9,14-16H,5-7,10-13H2,1-4H3,(H2,19,20,21). The summed E-state index contributed by atoms with van der Waals surface area (Å²) in [6.45, 7) is 10.9. The fraction of sp³-hybridized carbons (Fsp3) is 0.722. The van der Waals surface area contributed by atoms with Gasteiger partial charge in [-0.2, -0.15) is 0 Å². The van der Waals surface area contributed by atoms with Crippen molar-refractivity contribution in [3.05, 3.63) is 24.2 Å². The molecule has 0 radical (unpaired) electrons. The van der Waals surface area contributed by atoms with Crippen molar-refractivity contribution < 1.29 is 9.15 Å². The summed E-state index contributed by atoms with van der Waals surface area (Å²) in [6, 6.07) is 4.32. The second kappa shape index (κ2) is 12.0. The van der Waals surface area contributed by atoms with Crippen molar-refractivity contribution >= 4 is 5.96 Å².